The van der Waals surface area contributed by atoms with Crippen molar-refractivity contribution >= 4 is 23.3 Å². The molecule has 2 rings (SSSR count). The van der Waals surface area contributed by atoms with Gasteiger partial charge in [0.2, 0.25) is 0 Å². The second-order valence-corrected chi connectivity index (χ2v) is 5.68. The topological polar surface area (TPSA) is 81.4 Å². The monoisotopic (exact) mass is 326 g/mol. The normalized spacial score (nSPS) is 11.6. The third kappa shape index (κ3) is 4.13. The van der Waals surface area contributed by atoms with Crippen molar-refractivity contribution in [2.45, 2.75) is 33.3 Å². The molecule has 0 saturated carbocycles. The van der Waals surface area contributed by atoms with E-state index in [0.717, 1.165) is 16.8 Å². The van der Waals surface area contributed by atoms with Crippen molar-refractivity contribution in [2.24, 2.45) is 0 Å². The summed E-state index contributed by atoms with van der Waals surface area (Å²) in [6, 6.07) is 12.3. The van der Waals surface area contributed by atoms with E-state index in [1.165, 1.54) is 6.07 Å². The van der Waals surface area contributed by atoms with Gasteiger partial charge in [0.1, 0.15) is 0 Å². The first-order valence-electron chi connectivity index (χ1n) is 7.86. The zero-order valence-corrected chi connectivity index (χ0v) is 14.1. The van der Waals surface area contributed by atoms with E-state index in [2.05, 4.69) is 5.32 Å². The maximum atomic E-state index is 12.5. The summed E-state index contributed by atoms with van der Waals surface area (Å²) in [6.45, 7) is 5.63. The number of ether oxygens (including phenoxy) is 1. The lowest BCUT2D eigenvalue weighted by atomic mass is 10.1. The van der Waals surface area contributed by atoms with E-state index in [0.29, 0.717) is 17.7 Å². The first-order chi connectivity index (χ1) is 11.4. The summed E-state index contributed by atoms with van der Waals surface area (Å²) in [4.78, 5) is 24.7. The smallest absolute Gasteiger partial charge is 0.338 e. The Hall–Kier alpha value is -2.82. The molecule has 0 fully saturated rings. The molecule has 0 spiro atoms. The number of nitrogen functional groups attached to an aromatic ring is 1. The highest BCUT2D eigenvalue weighted by Crippen LogP contribution is 2.20. The van der Waals surface area contributed by atoms with Gasteiger partial charge in [-0.1, -0.05) is 31.2 Å². The number of benzene rings is 2. The Morgan fingerprint density at radius 2 is 1.75 bits per heavy atom. The standard InChI is InChI=1S/C19H22N2O3/c1-4-16(24-19(23)14-9-6-10-15(20)11-14)18(22)21-17-12(2)7-5-8-13(17)3/h5-11,16H,4,20H2,1-3H3,(H,21,22). The van der Waals surface area contributed by atoms with Crippen LogP contribution in [0.4, 0.5) is 11.4 Å². The average molecular weight is 326 g/mol. The second kappa shape index (κ2) is 7.64. The van der Waals surface area contributed by atoms with Crippen LogP contribution in [0.2, 0.25) is 0 Å². The van der Waals surface area contributed by atoms with Crippen molar-refractivity contribution in [3.8, 4) is 0 Å². The van der Waals surface area contributed by atoms with Crippen LogP contribution in [0.25, 0.3) is 0 Å². The summed E-state index contributed by atoms with van der Waals surface area (Å²) >= 11 is 0. The Bertz CT molecular complexity index is 736. The van der Waals surface area contributed by atoms with Gasteiger partial charge in [-0.3, -0.25) is 4.79 Å². The Morgan fingerprint density at radius 1 is 1.12 bits per heavy atom. The number of nitrogens with two attached hydrogens (primary N) is 1. The van der Waals surface area contributed by atoms with Gasteiger partial charge in [0, 0.05) is 11.4 Å². The molecule has 0 aliphatic carbocycles. The van der Waals surface area contributed by atoms with Crippen molar-refractivity contribution in [1.82, 2.24) is 0 Å². The van der Waals surface area contributed by atoms with Gasteiger partial charge in [0.25, 0.3) is 5.91 Å². The lowest BCUT2D eigenvalue weighted by molar-refractivity contribution is -0.124. The van der Waals surface area contributed by atoms with E-state index >= 15 is 0 Å². The molecule has 3 N–H and O–H groups in total. The van der Waals surface area contributed by atoms with E-state index in [9.17, 15) is 9.59 Å². The number of rotatable bonds is 5. The zero-order chi connectivity index (χ0) is 17.7. The molecule has 0 saturated heterocycles. The maximum Gasteiger partial charge on any atom is 0.338 e. The van der Waals surface area contributed by atoms with E-state index in [1.807, 2.05) is 32.0 Å². The van der Waals surface area contributed by atoms with Crippen molar-refractivity contribution in [3.63, 3.8) is 0 Å². The highest BCUT2D eigenvalue weighted by molar-refractivity contribution is 5.98. The Labute approximate surface area is 141 Å². The minimum absolute atomic E-state index is 0.327. The van der Waals surface area contributed by atoms with Crippen LogP contribution in [0.5, 0.6) is 0 Å². The molecule has 24 heavy (non-hydrogen) atoms. The van der Waals surface area contributed by atoms with Crippen LogP contribution in [0.3, 0.4) is 0 Å². The average Bonchev–Trinajstić information content (AvgIpc) is 2.55. The maximum absolute atomic E-state index is 12.5. The first-order valence-corrected chi connectivity index (χ1v) is 7.86. The minimum atomic E-state index is -0.863. The Morgan fingerprint density at radius 3 is 2.33 bits per heavy atom. The summed E-state index contributed by atoms with van der Waals surface area (Å²) in [7, 11) is 0. The van der Waals surface area contributed by atoms with Crippen LogP contribution in [-0.2, 0) is 9.53 Å². The predicted octanol–water partition coefficient (Wildman–Crippen LogP) is 3.46. The van der Waals surface area contributed by atoms with Crippen LogP contribution >= 0.6 is 0 Å². The van der Waals surface area contributed by atoms with Crippen LogP contribution in [0.1, 0.15) is 34.8 Å². The number of anilines is 2. The van der Waals surface area contributed by atoms with Crippen LogP contribution in [0, 0.1) is 13.8 Å². The third-order valence-electron chi connectivity index (χ3n) is 3.76. The lowest BCUT2D eigenvalue weighted by Gasteiger charge is -2.18. The summed E-state index contributed by atoms with van der Waals surface area (Å²) in [6.07, 6.45) is -0.483. The first kappa shape index (κ1) is 17.5. The highest BCUT2D eigenvalue weighted by Gasteiger charge is 2.23. The molecule has 0 aliphatic heterocycles. The fourth-order valence-electron chi connectivity index (χ4n) is 2.40. The van der Waals surface area contributed by atoms with Crippen molar-refractivity contribution < 1.29 is 14.3 Å². The number of carbonyl (C=O) groups is 2. The van der Waals surface area contributed by atoms with Gasteiger partial charge in [-0.15, -0.1) is 0 Å². The molecule has 2 aromatic carbocycles. The van der Waals surface area contributed by atoms with E-state index in [4.69, 9.17) is 10.5 Å². The molecular weight excluding hydrogens is 304 g/mol. The lowest BCUT2D eigenvalue weighted by Crippen LogP contribution is -2.32. The number of amides is 1. The summed E-state index contributed by atoms with van der Waals surface area (Å²) in [5.74, 6) is -0.905. The molecule has 0 radical (unpaired) electrons. The third-order valence-corrected chi connectivity index (χ3v) is 3.76. The molecule has 126 valence electrons. The van der Waals surface area contributed by atoms with Crippen LogP contribution in [0.15, 0.2) is 42.5 Å². The van der Waals surface area contributed by atoms with Gasteiger partial charge >= 0.3 is 5.97 Å². The van der Waals surface area contributed by atoms with Gasteiger partial charge in [-0.05, 0) is 49.6 Å². The number of nitrogens with one attached hydrogen (secondary N) is 1. The molecule has 1 amide bonds. The number of aryl methyl sites for hydroxylation is 2. The van der Waals surface area contributed by atoms with Gasteiger partial charge in [0.05, 0.1) is 5.56 Å². The van der Waals surface area contributed by atoms with Gasteiger partial charge in [-0.2, -0.15) is 0 Å². The van der Waals surface area contributed by atoms with Crippen LogP contribution in [-0.4, -0.2) is 18.0 Å². The van der Waals surface area contributed by atoms with E-state index in [-0.39, 0.29) is 5.91 Å². The van der Waals surface area contributed by atoms with Crippen molar-refractivity contribution in [3.05, 3.63) is 59.2 Å². The zero-order valence-electron chi connectivity index (χ0n) is 14.1. The summed E-state index contributed by atoms with van der Waals surface area (Å²) in [5, 5.41) is 2.86. The highest BCUT2D eigenvalue weighted by atomic mass is 16.5. The minimum Gasteiger partial charge on any atom is -0.449 e. The van der Waals surface area contributed by atoms with Crippen LogP contribution < -0.4 is 11.1 Å². The number of carbonyl (C=O) groups excluding carboxylic acids is 2. The van der Waals surface area contributed by atoms with E-state index in [1.54, 1.807) is 25.1 Å². The molecule has 0 aliphatic rings. The fraction of sp³-hybridized carbons (Fsp3) is 0.263. The Balaban J connectivity index is 2.10. The summed E-state index contributed by atoms with van der Waals surface area (Å²) in [5.41, 5.74) is 9.13. The van der Waals surface area contributed by atoms with Gasteiger partial charge in [0.15, 0.2) is 6.10 Å². The summed E-state index contributed by atoms with van der Waals surface area (Å²) < 4.78 is 5.35. The molecule has 1 unspecified atom stereocenters. The van der Waals surface area contributed by atoms with Crippen molar-refractivity contribution in [2.75, 3.05) is 11.1 Å². The molecule has 0 heterocycles. The van der Waals surface area contributed by atoms with Gasteiger partial charge < -0.3 is 15.8 Å². The SMILES string of the molecule is CCC(OC(=O)c1cccc(N)c1)C(=O)Nc1c(C)cccc1C. The number of para-hydroxylation sites is 1. The second-order valence-electron chi connectivity index (χ2n) is 5.68. The molecule has 5 nitrogen and oxygen atoms in total. The Kier molecular flexibility index (Phi) is 5.58. The van der Waals surface area contributed by atoms with Crippen molar-refractivity contribution in [1.29, 1.82) is 0 Å². The largest absolute Gasteiger partial charge is 0.449 e. The number of hydrogen-bond donors (Lipinski definition) is 2. The number of hydrogen-bond acceptors (Lipinski definition) is 4. The molecule has 0 aromatic heterocycles. The molecule has 2 aromatic rings. The molecule has 5 heteroatoms. The number of esters is 1. The van der Waals surface area contributed by atoms with E-state index < -0.39 is 12.1 Å². The molecule has 1 atom stereocenters. The molecule has 0 bridgehead atoms. The quantitative estimate of drug-likeness (QED) is 0.651. The predicted molar refractivity (Wildman–Crippen MR) is 94.9 cm³/mol. The fourth-order valence-corrected chi connectivity index (χ4v) is 2.40. The van der Waals surface area contributed by atoms with Gasteiger partial charge in [-0.25, -0.2) is 4.79 Å². The molecular formula is C19H22N2O3.